The van der Waals surface area contributed by atoms with E-state index in [-0.39, 0.29) is 52.9 Å². The van der Waals surface area contributed by atoms with Gasteiger partial charge in [-0.1, -0.05) is 0 Å². The van der Waals surface area contributed by atoms with Crippen LogP contribution < -0.4 is 20.8 Å². The molecule has 0 spiro atoms. The minimum Gasteiger partial charge on any atom is -0.542 e. The van der Waals surface area contributed by atoms with Gasteiger partial charge in [-0.25, -0.2) is 0 Å². The SMILES string of the molecule is CC(C)N=C(NC(C)C)C(=O)[O-].CC(C)N=C(NC(C)C)C(=O)[O-].[Cu+2]. The van der Waals surface area contributed by atoms with Gasteiger partial charge in [0.25, 0.3) is 0 Å². The van der Waals surface area contributed by atoms with Gasteiger partial charge in [0.1, 0.15) is 23.6 Å². The Kier molecular flexibility index (Phi) is 16.6. The average molecular weight is 406 g/mol. The standard InChI is InChI=1S/2C8H16N2O2.Cu/c2*1-5(2)9-7(8(11)12)10-6(3)4;/h2*5-6H,1-4H3,(H,9,10)(H,11,12);/q;;+2/p-2. The molecule has 1 radical (unpaired) electrons. The molecule has 0 aliphatic heterocycles. The van der Waals surface area contributed by atoms with Gasteiger partial charge < -0.3 is 30.4 Å². The number of nitrogens with one attached hydrogen (secondary N) is 2. The second-order valence-electron chi connectivity index (χ2n) is 6.32. The maximum atomic E-state index is 10.5. The summed E-state index contributed by atoms with van der Waals surface area (Å²) in [5.74, 6) is -2.64. The first-order chi connectivity index (χ1) is 10.9. The number of carboxylic acids is 2. The third kappa shape index (κ3) is 18.6. The van der Waals surface area contributed by atoms with Crippen molar-refractivity contribution in [2.75, 3.05) is 0 Å². The van der Waals surface area contributed by atoms with E-state index >= 15 is 0 Å². The van der Waals surface area contributed by atoms with E-state index in [1.54, 1.807) is 0 Å². The molecule has 0 aliphatic carbocycles. The molecule has 0 saturated carbocycles. The Labute approximate surface area is 161 Å². The van der Waals surface area contributed by atoms with Gasteiger partial charge in [-0.15, -0.1) is 0 Å². The quantitative estimate of drug-likeness (QED) is 0.353. The van der Waals surface area contributed by atoms with E-state index in [4.69, 9.17) is 0 Å². The molecule has 149 valence electrons. The maximum absolute atomic E-state index is 10.5. The van der Waals surface area contributed by atoms with Crippen LogP contribution in [-0.4, -0.2) is 47.8 Å². The van der Waals surface area contributed by atoms with Crippen molar-refractivity contribution < 1.29 is 36.9 Å². The van der Waals surface area contributed by atoms with Crippen LogP contribution in [0.3, 0.4) is 0 Å². The second-order valence-corrected chi connectivity index (χ2v) is 6.32. The van der Waals surface area contributed by atoms with Gasteiger partial charge in [-0.3, -0.25) is 9.98 Å². The van der Waals surface area contributed by atoms with Crippen LogP contribution in [-0.2, 0) is 26.7 Å². The Bertz CT molecular complexity index is 419. The Morgan fingerprint density at radius 3 is 1.04 bits per heavy atom. The Hall–Kier alpha value is -1.60. The number of hydrogen-bond acceptors (Lipinski definition) is 6. The normalized spacial score (nSPS) is 11.8. The van der Waals surface area contributed by atoms with Crippen molar-refractivity contribution in [2.24, 2.45) is 9.98 Å². The summed E-state index contributed by atoms with van der Waals surface area (Å²) in [4.78, 5) is 28.7. The molecule has 0 aromatic rings. The van der Waals surface area contributed by atoms with Crippen molar-refractivity contribution in [1.82, 2.24) is 10.6 Å². The fourth-order valence-corrected chi connectivity index (χ4v) is 1.36. The number of nitrogens with zero attached hydrogens (tertiary/aromatic N) is 2. The molecule has 0 aromatic carbocycles. The third-order valence-corrected chi connectivity index (χ3v) is 2.01. The molecule has 0 saturated heterocycles. The van der Waals surface area contributed by atoms with E-state index in [0.29, 0.717) is 0 Å². The molecule has 0 fully saturated rings. The average Bonchev–Trinajstić information content (AvgIpc) is 2.35. The second kappa shape index (κ2) is 14.7. The van der Waals surface area contributed by atoms with E-state index in [1.807, 2.05) is 55.4 Å². The molecule has 8 nitrogen and oxygen atoms in total. The van der Waals surface area contributed by atoms with E-state index < -0.39 is 11.9 Å². The summed E-state index contributed by atoms with van der Waals surface area (Å²) in [6, 6.07) is 0.0362. The number of aliphatic imine (C=N–C) groups is 2. The summed E-state index contributed by atoms with van der Waals surface area (Å²) in [6.45, 7) is 14.6. The van der Waals surface area contributed by atoms with E-state index in [0.717, 1.165) is 0 Å². The predicted molar refractivity (Wildman–Crippen MR) is 91.7 cm³/mol. The summed E-state index contributed by atoms with van der Waals surface area (Å²) in [7, 11) is 0. The molecule has 0 bridgehead atoms. The van der Waals surface area contributed by atoms with Crippen LogP contribution in [0.4, 0.5) is 0 Å². The van der Waals surface area contributed by atoms with Gasteiger partial charge >= 0.3 is 17.1 Å². The van der Waals surface area contributed by atoms with Crippen LogP contribution in [0.1, 0.15) is 55.4 Å². The molecule has 9 heteroatoms. The molecular weight excluding hydrogens is 376 g/mol. The van der Waals surface area contributed by atoms with Crippen LogP contribution in [0.5, 0.6) is 0 Å². The molecular formula is C16H30CuN4O4. The molecule has 0 rings (SSSR count). The number of aliphatic carboxylic acids is 2. The Morgan fingerprint density at radius 1 is 0.680 bits per heavy atom. The zero-order valence-electron chi connectivity index (χ0n) is 16.1. The summed E-state index contributed by atoms with van der Waals surface area (Å²) >= 11 is 0. The number of carboxylic acid groups (broad SMARTS) is 2. The minimum absolute atomic E-state index is 0. The van der Waals surface area contributed by atoms with Crippen molar-refractivity contribution in [2.45, 2.75) is 79.6 Å². The number of amidine groups is 2. The molecule has 25 heavy (non-hydrogen) atoms. The van der Waals surface area contributed by atoms with Gasteiger partial charge in [0.15, 0.2) is 0 Å². The molecule has 0 amide bonds. The zero-order valence-corrected chi connectivity index (χ0v) is 17.1. The van der Waals surface area contributed by atoms with Crippen LogP contribution in [0, 0.1) is 0 Å². The largest absolute Gasteiger partial charge is 2.00 e. The van der Waals surface area contributed by atoms with Crippen molar-refractivity contribution in [3.63, 3.8) is 0 Å². The number of carbonyl (C=O) groups is 2. The summed E-state index contributed by atoms with van der Waals surface area (Å²) in [5.41, 5.74) is 0. The van der Waals surface area contributed by atoms with Gasteiger partial charge in [-0.2, -0.15) is 0 Å². The van der Waals surface area contributed by atoms with Crippen molar-refractivity contribution in [3.05, 3.63) is 0 Å². The monoisotopic (exact) mass is 405 g/mol. The predicted octanol–water partition coefficient (Wildman–Crippen LogP) is -0.920. The van der Waals surface area contributed by atoms with Crippen molar-refractivity contribution >= 4 is 23.6 Å². The maximum Gasteiger partial charge on any atom is 2.00 e. The summed E-state index contributed by atoms with van der Waals surface area (Å²) in [6.07, 6.45) is 0. The van der Waals surface area contributed by atoms with E-state index in [9.17, 15) is 19.8 Å². The molecule has 0 aromatic heterocycles. The van der Waals surface area contributed by atoms with E-state index in [2.05, 4.69) is 20.6 Å². The zero-order chi connectivity index (χ0) is 19.4. The summed E-state index contributed by atoms with van der Waals surface area (Å²) in [5, 5.41) is 26.3. The van der Waals surface area contributed by atoms with Crippen LogP contribution in [0.2, 0.25) is 0 Å². The first kappa shape index (κ1) is 28.2. The van der Waals surface area contributed by atoms with Gasteiger partial charge in [0.2, 0.25) is 0 Å². The van der Waals surface area contributed by atoms with Crippen molar-refractivity contribution in [1.29, 1.82) is 0 Å². The van der Waals surface area contributed by atoms with Crippen LogP contribution in [0.15, 0.2) is 9.98 Å². The first-order valence-electron chi connectivity index (χ1n) is 7.98. The summed E-state index contributed by atoms with van der Waals surface area (Å²) < 4.78 is 0. The molecule has 0 heterocycles. The van der Waals surface area contributed by atoms with E-state index in [1.165, 1.54) is 0 Å². The molecule has 2 N–H and O–H groups in total. The van der Waals surface area contributed by atoms with Gasteiger partial charge in [0, 0.05) is 24.2 Å². The van der Waals surface area contributed by atoms with Crippen LogP contribution >= 0.6 is 0 Å². The molecule has 0 atom stereocenters. The number of hydrogen-bond donors (Lipinski definition) is 2. The van der Waals surface area contributed by atoms with Gasteiger partial charge in [0.05, 0.1) is 0 Å². The first-order valence-corrected chi connectivity index (χ1v) is 7.98. The van der Waals surface area contributed by atoms with Gasteiger partial charge in [-0.05, 0) is 55.4 Å². The molecule has 0 aliphatic rings. The third-order valence-electron chi connectivity index (χ3n) is 2.01. The molecule has 0 unspecified atom stereocenters. The van der Waals surface area contributed by atoms with Crippen LogP contribution in [0.25, 0.3) is 0 Å². The fourth-order valence-electron chi connectivity index (χ4n) is 1.36. The topological polar surface area (TPSA) is 129 Å². The number of carbonyl (C=O) groups excluding carboxylic acids is 2. The Balaban J connectivity index is -0.000000372. The van der Waals surface area contributed by atoms with Crippen molar-refractivity contribution in [3.8, 4) is 0 Å². The number of rotatable bonds is 4. The fraction of sp³-hybridized carbons (Fsp3) is 0.750. The minimum atomic E-state index is -1.25. The Morgan fingerprint density at radius 2 is 0.920 bits per heavy atom. The smallest absolute Gasteiger partial charge is 0.542 e.